The summed E-state index contributed by atoms with van der Waals surface area (Å²) in [7, 11) is 2.82. The SMILES string of the molecule is CCOC(=O)c1nn(COC(=O)OC(C)C)nc1C(=O)c1cc(OC)c(OC)cc1N. The van der Waals surface area contributed by atoms with Gasteiger partial charge in [0.05, 0.1) is 32.5 Å². The molecule has 1 aromatic heterocycles. The number of ether oxygens (including phenoxy) is 5. The number of nitrogens with two attached hydrogens (primary N) is 1. The summed E-state index contributed by atoms with van der Waals surface area (Å²) in [4.78, 5) is 37.9. The molecular weight excluding hydrogens is 412 g/mol. The molecule has 0 amide bonds. The third-order valence-corrected chi connectivity index (χ3v) is 3.77. The number of carbonyl (C=O) groups excluding carboxylic acids is 3. The lowest BCUT2D eigenvalue weighted by atomic mass is 10.0. The molecule has 2 N–H and O–H groups in total. The number of carbonyl (C=O) groups is 3. The van der Waals surface area contributed by atoms with Gasteiger partial charge in [-0.3, -0.25) is 4.79 Å². The molecule has 168 valence electrons. The molecule has 1 heterocycles. The zero-order valence-corrected chi connectivity index (χ0v) is 17.8. The molecule has 31 heavy (non-hydrogen) atoms. The number of esters is 1. The second kappa shape index (κ2) is 10.3. The number of benzene rings is 1. The zero-order valence-electron chi connectivity index (χ0n) is 17.8. The number of methoxy groups -OCH3 is 2. The smallest absolute Gasteiger partial charge is 0.493 e. The van der Waals surface area contributed by atoms with Crippen LogP contribution in [0.15, 0.2) is 12.1 Å². The average Bonchev–Trinajstić information content (AvgIpc) is 3.15. The van der Waals surface area contributed by atoms with Crippen LogP contribution in [-0.4, -0.2) is 59.8 Å². The molecule has 0 spiro atoms. The van der Waals surface area contributed by atoms with Gasteiger partial charge in [0.15, 0.2) is 17.2 Å². The Hall–Kier alpha value is -3.83. The van der Waals surface area contributed by atoms with E-state index >= 15 is 0 Å². The summed E-state index contributed by atoms with van der Waals surface area (Å²) in [6, 6.07) is 2.77. The maximum Gasteiger partial charge on any atom is 0.510 e. The first-order chi connectivity index (χ1) is 14.7. The van der Waals surface area contributed by atoms with Crippen LogP contribution in [0.25, 0.3) is 0 Å². The molecule has 2 rings (SSSR count). The molecule has 0 aliphatic heterocycles. The van der Waals surface area contributed by atoms with E-state index in [0.717, 1.165) is 4.80 Å². The van der Waals surface area contributed by atoms with Gasteiger partial charge in [0, 0.05) is 11.8 Å². The van der Waals surface area contributed by atoms with Crippen LogP contribution in [0, 0.1) is 0 Å². The van der Waals surface area contributed by atoms with Gasteiger partial charge < -0.3 is 29.4 Å². The fourth-order valence-corrected chi connectivity index (χ4v) is 2.45. The van der Waals surface area contributed by atoms with Crippen molar-refractivity contribution in [3.05, 3.63) is 29.1 Å². The van der Waals surface area contributed by atoms with Crippen molar-refractivity contribution in [2.45, 2.75) is 33.6 Å². The highest BCUT2D eigenvalue weighted by Crippen LogP contribution is 2.33. The molecule has 12 heteroatoms. The van der Waals surface area contributed by atoms with E-state index in [1.807, 2.05) is 0 Å². The van der Waals surface area contributed by atoms with Gasteiger partial charge in [-0.15, -0.1) is 15.0 Å². The summed E-state index contributed by atoms with van der Waals surface area (Å²) in [5.74, 6) is -1.01. The van der Waals surface area contributed by atoms with E-state index in [1.165, 1.54) is 26.4 Å². The molecule has 0 unspecified atom stereocenters. The molecule has 0 radical (unpaired) electrons. The minimum absolute atomic E-state index is 0.00962. The minimum atomic E-state index is -0.956. The lowest BCUT2D eigenvalue weighted by molar-refractivity contribution is 0.00968. The van der Waals surface area contributed by atoms with Gasteiger partial charge in [-0.25, -0.2) is 9.59 Å². The second-order valence-corrected chi connectivity index (χ2v) is 6.30. The Morgan fingerprint density at radius 3 is 2.23 bits per heavy atom. The quantitative estimate of drug-likeness (QED) is 0.347. The Morgan fingerprint density at radius 2 is 1.65 bits per heavy atom. The van der Waals surface area contributed by atoms with Crippen molar-refractivity contribution < 1.29 is 38.1 Å². The number of hydrogen-bond acceptors (Lipinski definition) is 11. The minimum Gasteiger partial charge on any atom is -0.493 e. The van der Waals surface area contributed by atoms with Gasteiger partial charge in [0.2, 0.25) is 18.2 Å². The second-order valence-electron chi connectivity index (χ2n) is 6.30. The molecule has 0 aliphatic carbocycles. The van der Waals surface area contributed by atoms with Crippen LogP contribution < -0.4 is 15.2 Å². The Labute approximate surface area is 178 Å². The Bertz CT molecular complexity index is 970. The maximum atomic E-state index is 13.1. The van der Waals surface area contributed by atoms with E-state index in [-0.39, 0.29) is 35.0 Å². The predicted molar refractivity (Wildman–Crippen MR) is 106 cm³/mol. The van der Waals surface area contributed by atoms with Crippen LogP contribution in [-0.2, 0) is 20.9 Å². The fraction of sp³-hybridized carbons (Fsp3) is 0.421. The molecule has 1 aromatic carbocycles. The van der Waals surface area contributed by atoms with Gasteiger partial charge in [-0.05, 0) is 26.8 Å². The first kappa shape index (κ1) is 23.4. The van der Waals surface area contributed by atoms with E-state index in [2.05, 4.69) is 10.2 Å². The third kappa shape index (κ3) is 5.62. The average molecular weight is 436 g/mol. The highest BCUT2D eigenvalue weighted by atomic mass is 16.7. The topological polar surface area (TPSA) is 154 Å². The molecule has 2 aromatic rings. The number of nitrogens with zero attached hydrogens (tertiary/aromatic N) is 3. The summed E-state index contributed by atoms with van der Waals surface area (Å²) in [6.07, 6.45) is -1.35. The third-order valence-electron chi connectivity index (χ3n) is 3.77. The van der Waals surface area contributed by atoms with Crippen molar-refractivity contribution in [2.75, 3.05) is 26.6 Å². The first-order valence-electron chi connectivity index (χ1n) is 9.23. The highest BCUT2D eigenvalue weighted by Gasteiger charge is 2.28. The normalized spacial score (nSPS) is 10.5. The van der Waals surface area contributed by atoms with Crippen LogP contribution >= 0.6 is 0 Å². The van der Waals surface area contributed by atoms with Gasteiger partial charge in [-0.1, -0.05) is 0 Å². The zero-order chi connectivity index (χ0) is 23.1. The van der Waals surface area contributed by atoms with Crippen LogP contribution in [0.2, 0.25) is 0 Å². The molecule has 0 saturated heterocycles. The fourth-order valence-electron chi connectivity index (χ4n) is 2.45. The van der Waals surface area contributed by atoms with Crippen LogP contribution in [0.3, 0.4) is 0 Å². The molecule has 0 fully saturated rings. The lowest BCUT2D eigenvalue weighted by Crippen LogP contribution is -2.16. The van der Waals surface area contributed by atoms with E-state index in [1.54, 1.807) is 20.8 Å². The molecule has 0 bridgehead atoms. The van der Waals surface area contributed by atoms with Crippen LogP contribution in [0.4, 0.5) is 10.5 Å². The Balaban J connectivity index is 2.41. The van der Waals surface area contributed by atoms with E-state index in [4.69, 9.17) is 29.4 Å². The van der Waals surface area contributed by atoms with Crippen LogP contribution in [0.1, 0.15) is 47.3 Å². The largest absolute Gasteiger partial charge is 0.510 e. The van der Waals surface area contributed by atoms with Gasteiger partial charge >= 0.3 is 12.1 Å². The summed E-state index contributed by atoms with van der Waals surface area (Å²) >= 11 is 0. The van der Waals surface area contributed by atoms with Crippen molar-refractivity contribution in [1.82, 2.24) is 15.0 Å². The molecular formula is C19H24N4O8. The van der Waals surface area contributed by atoms with Crippen molar-refractivity contribution >= 4 is 23.6 Å². The summed E-state index contributed by atoms with van der Waals surface area (Å²) < 4.78 is 25.0. The predicted octanol–water partition coefficient (Wildman–Crippen LogP) is 1.80. The van der Waals surface area contributed by atoms with Crippen molar-refractivity contribution in [1.29, 1.82) is 0 Å². The van der Waals surface area contributed by atoms with Gasteiger partial charge in [0.1, 0.15) is 0 Å². The number of aromatic nitrogens is 3. The Morgan fingerprint density at radius 1 is 1.03 bits per heavy atom. The number of ketones is 1. The summed E-state index contributed by atoms with van der Waals surface area (Å²) in [6.45, 7) is 4.45. The lowest BCUT2D eigenvalue weighted by Gasteiger charge is -2.11. The maximum absolute atomic E-state index is 13.1. The van der Waals surface area contributed by atoms with Crippen molar-refractivity contribution in [3.8, 4) is 11.5 Å². The van der Waals surface area contributed by atoms with E-state index in [9.17, 15) is 14.4 Å². The Kier molecular flexibility index (Phi) is 7.77. The standard InChI is InChI=1S/C19H24N4O8/c1-6-29-18(25)16-15(21-23(22-16)9-30-19(26)31-10(2)3)17(24)11-7-13(27-4)14(28-5)8-12(11)20/h7-8,10H,6,9,20H2,1-5H3. The molecule has 0 atom stereocenters. The van der Waals surface area contributed by atoms with E-state index in [0.29, 0.717) is 5.75 Å². The summed E-state index contributed by atoms with van der Waals surface area (Å²) in [5.41, 5.74) is 5.37. The van der Waals surface area contributed by atoms with Gasteiger partial charge in [0.25, 0.3) is 0 Å². The monoisotopic (exact) mass is 436 g/mol. The summed E-state index contributed by atoms with van der Waals surface area (Å²) in [5, 5.41) is 7.89. The number of anilines is 1. The van der Waals surface area contributed by atoms with Crippen LogP contribution in [0.5, 0.6) is 11.5 Å². The van der Waals surface area contributed by atoms with Crippen molar-refractivity contribution in [2.24, 2.45) is 0 Å². The van der Waals surface area contributed by atoms with Gasteiger partial charge in [-0.2, -0.15) is 0 Å². The molecule has 0 aliphatic rings. The van der Waals surface area contributed by atoms with E-state index < -0.39 is 30.7 Å². The number of rotatable bonds is 9. The number of nitrogen functional groups attached to an aromatic ring is 1. The molecule has 12 nitrogen and oxygen atoms in total. The van der Waals surface area contributed by atoms with Crippen molar-refractivity contribution in [3.63, 3.8) is 0 Å². The number of hydrogen-bond donors (Lipinski definition) is 1. The first-order valence-corrected chi connectivity index (χ1v) is 9.23. The molecule has 0 saturated carbocycles. The highest BCUT2D eigenvalue weighted by molar-refractivity contribution is 6.15.